The lowest BCUT2D eigenvalue weighted by Gasteiger charge is -1.92. The van der Waals surface area contributed by atoms with E-state index in [9.17, 15) is 0 Å². The molecule has 0 N–H and O–H groups in total. The third kappa shape index (κ3) is 1.12. The van der Waals surface area contributed by atoms with Gasteiger partial charge >= 0.3 is 0 Å². The first kappa shape index (κ1) is 7.74. The van der Waals surface area contributed by atoms with Gasteiger partial charge in [0, 0.05) is 5.39 Å². The number of aromatic nitrogens is 1. The van der Waals surface area contributed by atoms with E-state index in [4.69, 9.17) is 0 Å². The van der Waals surface area contributed by atoms with Gasteiger partial charge in [-0.2, -0.15) is 4.37 Å². The quantitative estimate of drug-likeness (QED) is 0.652. The SMILES string of the molecule is CCc1nsc2cc(C)ccc12. The van der Waals surface area contributed by atoms with Gasteiger partial charge in [-0.15, -0.1) is 0 Å². The summed E-state index contributed by atoms with van der Waals surface area (Å²) in [5.41, 5.74) is 2.55. The van der Waals surface area contributed by atoms with Gasteiger partial charge in [-0.25, -0.2) is 0 Å². The van der Waals surface area contributed by atoms with E-state index in [1.165, 1.54) is 21.3 Å². The average Bonchev–Trinajstić information content (AvgIpc) is 2.46. The van der Waals surface area contributed by atoms with Crippen LogP contribution in [0.1, 0.15) is 18.2 Å². The van der Waals surface area contributed by atoms with Gasteiger partial charge in [0.1, 0.15) is 0 Å². The number of benzene rings is 1. The van der Waals surface area contributed by atoms with Crippen LogP contribution in [0.4, 0.5) is 0 Å². The maximum atomic E-state index is 4.40. The lowest BCUT2D eigenvalue weighted by molar-refractivity contribution is 1.10. The summed E-state index contributed by atoms with van der Waals surface area (Å²) >= 11 is 1.60. The van der Waals surface area contributed by atoms with Crippen LogP contribution >= 0.6 is 11.5 Å². The molecule has 1 heterocycles. The molecule has 2 heteroatoms. The first-order valence-corrected chi connectivity index (χ1v) is 4.93. The van der Waals surface area contributed by atoms with Gasteiger partial charge in [0.05, 0.1) is 10.4 Å². The zero-order valence-electron chi connectivity index (χ0n) is 7.29. The molecule has 12 heavy (non-hydrogen) atoms. The summed E-state index contributed by atoms with van der Waals surface area (Å²) < 4.78 is 5.71. The molecule has 1 aromatic heterocycles. The van der Waals surface area contributed by atoms with Crippen LogP contribution in [0.25, 0.3) is 10.1 Å². The summed E-state index contributed by atoms with van der Waals surface area (Å²) in [5, 5.41) is 1.33. The van der Waals surface area contributed by atoms with Gasteiger partial charge in [0.15, 0.2) is 0 Å². The van der Waals surface area contributed by atoms with E-state index in [0.29, 0.717) is 0 Å². The summed E-state index contributed by atoms with van der Waals surface area (Å²) in [6.07, 6.45) is 1.03. The van der Waals surface area contributed by atoms with Crippen LogP contribution < -0.4 is 0 Å². The number of nitrogens with zero attached hydrogens (tertiary/aromatic N) is 1. The Bertz CT molecular complexity index is 403. The van der Waals surface area contributed by atoms with E-state index in [1.807, 2.05) is 0 Å². The molecule has 0 radical (unpaired) electrons. The molecule has 0 aliphatic heterocycles. The second-order valence-electron chi connectivity index (χ2n) is 2.98. The Morgan fingerprint density at radius 3 is 3.00 bits per heavy atom. The molecule has 1 aromatic carbocycles. The zero-order valence-corrected chi connectivity index (χ0v) is 8.11. The van der Waals surface area contributed by atoms with Crippen molar-refractivity contribution in [2.24, 2.45) is 0 Å². The number of hydrogen-bond donors (Lipinski definition) is 0. The van der Waals surface area contributed by atoms with E-state index >= 15 is 0 Å². The maximum absolute atomic E-state index is 4.40. The molecule has 0 spiro atoms. The number of hydrogen-bond acceptors (Lipinski definition) is 2. The monoisotopic (exact) mass is 177 g/mol. The molecule has 2 aromatic rings. The Kier molecular flexibility index (Phi) is 1.85. The maximum Gasteiger partial charge on any atom is 0.0618 e. The average molecular weight is 177 g/mol. The van der Waals surface area contributed by atoms with Crippen molar-refractivity contribution in [3.05, 3.63) is 29.5 Å². The molecule has 0 unspecified atom stereocenters. The third-order valence-electron chi connectivity index (χ3n) is 2.04. The van der Waals surface area contributed by atoms with Crippen LogP contribution in [0.3, 0.4) is 0 Å². The fourth-order valence-corrected chi connectivity index (χ4v) is 2.31. The van der Waals surface area contributed by atoms with E-state index < -0.39 is 0 Å². The lowest BCUT2D eigenvalue weighted by atomic mass is 10.1. The summed E-state index contributed by atoms with van der Waals surface area (Å²) in [6, 6.07) is 6.52. The highest BCUT2D eigenvalue weighted by Gasteiger charge is 2.02. The molecule has 0 fully saturated rings. The minimum absolute atomic E-state index is 1.03. The Morgan fingerprint density at radius 2 is 2.25 bits per heavy atom. The standard InChI is InChI=1S/C10H11NS/c1-3-9-8-5-4-7(2)6-10(8)12-11-9/h4-6H,3H2,1-2H3. The van der Waals surface area contributed by atoms with Crippen molar-refractivity contribution in [2.75, 3.05) is 0 Å². The van der Waals surface area contributed by atoms with Crippen LogP contribution in [0.2, 0.25) is 0 Å². The van der Waals surface area contributed by atoms with Crippen LogP contribution in [0.15, 0.2) is 18.2 Å². The van der Waals surface area contributed by atoms with Crippen molar-refractivity contribution in [1.82, 2.24) is 4.37 Å². The Hall–Kier alpha value is -0.890. The van der Waals surface area contributed by atoms with Crippen LogP contribution in [-0.4, -0.2) is 4.37 Å². The van der Waals surface area contributed by atoms with Crippen molar-refractivity contribution < 1.29 is 0 Å². The van der Waals surface area contributed by atoms with E-state index in [0.717, 1.165) is 6.42 Å². The molecule has 0 aliphatic rings. The second kappa shape index (κ2) is 2.87. The van der Waals surface area contributed by atoms with Crippen molar-refractivity contribution in [3.63, 3.8) is 0 Å². The molecule has 0 aliphatic carbocycles. The predicted octanol–water partition coefficient (Wildman–Crippen LogP) is 3.17. The minimum atomic E-state index is 1.03. The number of rotatable bonds is 1. The predicted molar refractivity (Wildman–Crippen MR) is 53.7 cm³/mol. The molecule has 0 atom stereocenters. The van der Waals surface area contributed by atoms with Crippen LogP contribution in [-0.2, 0) is 6.42 Å². The van der Waals surface area contributed by atoms with Gasteiger partial charge in [0.25, 0.3) is 0 Å². The second-order valence-corrected chi connectivity index (χ2v) is 3.79. The highest BCUT2D eigenvalue weighted by Crippen LogP contribution is 2.23. The third-order valence-corrected chi connectivity index (χ3v) is 2.88. The topological polar surface area (TPSA) is 12.9 Å². The number of aryl methyl sites for hydroxylation is 2. The fraction of sp³-hybridized carbons (Fsp3) is 0.300. The van der Waals surface area contributed by atoms with Crippen LogP contribution in [0, 0.1) is 6.92 Å². The molecule has 2 rings (SSSR count). The van der Waals surface area contributed by atoms with E-state index in [1.54, 1.807) is 11.5 Å². The van der Waals surface area contributed by atoms with E-state index in [-0.39, 0.29) is 0 Å². The smallest absolute Gasteiger partial charge is 0.0618 e. The summed E-state index contributed by atoms with van der Waals surface area (Å²) in [6.45, 7) is 4.26. The summed E-state index contributed by atoms with van der Waals surface area (Å²) in [5.74, 6) is 0. The molecular weight excluding hydrogens is 166 g/mol. The minimum Gasteiger partial charge on any atom is -0.196 e. The first-order valence-electron chi connectivity index (χ1n) is 4.16. The molecule has 0 saturated carbocycles. The Balaban J connectivity index is 2.73. The lowest BCUT2D eigenvalue weighted by Crippen LogP contribution is -1.78. The Labute approximate surface area is 76.2 Å². The zero-order chi connectivity index (χ0) is 8.55. The van der Waals surface area contributed by atoms with Crippen LogP contribution in [0.5, 0.6) is 0 Å². The highest BCUT2D eigenvalue weighted by atomic mass is 32.1. The number of fused-ring (bicyclic) bond motifs is 1. The summed E-state index contributed by atoms with van der Waals surface area (Å²) in [4.78, 5) is 0. The molecule has 62 valence electrons. The van der Waals surface area contributed by atoms with Gasteiger partial charge < -0.3 is 0 Å². The summed E-state index contributed by atoms with van der Waals surface area (Å²) in [7, 11) is 0. The normalized spacial score (nSPS) is 10.8. The van der Waals surface area contributed by atoms with Gasteiger partial charge in [0.2, 0.25) is 0 Å². The van der Waals surface area contributed by atoms with Crippen molar-refractivity contribution in [1.29, 1.82) is 0 Å². The van der Waals surface area contributed by atoms with Gasteiger partial charge in [-0.05, 0) is 36.5 Å². The van der Waals surface area contributed by atoms with Crippen molar-refractivity contribution in [2.45, 2.75) is 20.3 Å². The fourth-order valence-electron chi connectivity index (χ4n) is 1.35. The highest BCUT2D eigenvalue weighted by molar-refractivity contribution is 7.13. The van der Waals surface area contributed by atoms with Crippen molar-refractivity contribution >= 4 is 21.6 Å². The van der Waals surface area contributed by atoms with Gasteiger partial charge in [-0.1, -0.05) is 19.1 Å². The Morgan fingerprint density at radius 1 is 1.42 bits per heavy atom. The van der Waals surface area contributed by atoms with E-state index in [2.05, 4.69) is 36.4 Å². The van der Waals surface area contributed by atoms with Crippen molar-refractivity contribution in [3.8, 4) is 0 Å². The molecule has 1 nitrogen and oxygen atoms in total. The first-order chi connectivity index (χ1) is 5.81. The van der Waals surface area contributed by atoms with Gasteiger partial charge in [-0.3, -0.25) is 0 Å². The molecular formula is C10H11NS. The largest absolute Gasteiger partial charge is 0.196 e. The molecule has 0 saturated heterocycles. The molecule has 0 amide bonds. The molecule has 0 bridgehead atoms.